The van der Waals surface area contributed by atoms with Crippen LogP contribution in [0, 0.1) is 5.92 Å². The first kappa shape index (κ1) is 12.4. The minimum atomic E-state index is 0.161. The molecule has 1 aromatic heterocycles. The lowest BCUT2D eigenvalue weighted by Gasteiger charge is -2.08. The van der Waals surface area contributed by atoms with Crippen LogP contribution in [0.25, 0.3) is 0 Å². The van der Waals surface area contributed by atoms with E-state index in [2.05, 4.69) is 27.8 Å². The zero-order valence-electron chi connectivity index (χ0n) is 9.16. The van der Waals surface area contributed by atoms with Gasteiger partial charge >= 0.3 is 0 Å². The maximum Gasteiger partial charge on any atom is 0.140 e. The molecule has 0 aliphatic carbocycles. The third-order valence-corrected chi connectivity index (χ3v) is 2.84. The van der Waals surface area contributed by atoms with Crippen LogP contribution in [-0.2, 0) is 11.2 Å². The number of nitrogens with zero attached hydrogens (tertiary/aromatic N) is 1. The van der Waals surface area contributed by atoms with Crippen LogP contribution in [0.5, 0.6) is 0 Å². The largest absolute Gasteiger partial charge is 0.299 e. The molecule has 82 valence electrons. The molecule has 0 N–H and O–H groups in total. The van der Waals surface area contributed by atoms with E-state index >= 15 is 0 Å². The van der Waals surface area contributed by atoms with E-state index in [1.807, 2.05) is 13.0 Å². The van der Waals surface area contributed by atoms with E-state index in [0.717, 1.165) is 22.9 Å². The summed E-state index contributed by atoms with van der Waals surface area (Å²) >= 11 is 3.35. The molecule has 0 saturated carbocycles. The molecule has 1 heterocycles. The molecule has 0 radical (unpaired) electrons. The van der Waals surface area contributed by atoms with Gasteiger partial charge in [0.2, 0.25) is 0 Å². The van der Waals surface area contributed by atoms with Crippen molar-refractivity contribution in [2.45, 2.75) is 33.1 Å². The normalized spacial score (nSPS) is 12.5. The molecule has 1 atom stereocenters. The minimum Gasteiger partial charge on any atom is -0.299 e. The molecule has 1 unspecified atom stereocenters. The Morgan fingerprint density at radius 3 is 2.87 bits per heavy atom. The number of pyridine rings is 1. The molecular weight excluding hydrogens is 254 g/mol. The van der Waals surface area contributed by atoms with Gasteiger partial charge in [-0.25, -0.2) is 0 Å². The number of hydrogen-bond acceptors (Lipinski definition) is 2. The van der Waals surface area contributed by atoms with Crippen LogP contribution in [0.4, 0.5) is 0 Å². The van der Waals surface area contributed by atoms with Crippen LogP contribution in [0.3, 0.4) is 0 Å². The molecule has 0 aliphatic heterocycles. The lowest BCUT2D eigenvalue weighted by molar-refractivity contribution is -0.121. The van der Waals surface area contributed by atoms with Crippen molar-refractivity contribution in [2.75, 3.05) is 0 Å². The number of carbonyl (C=O) groups excluding carboxylic acids is 1. The van der Waals surface area contributed by atoms with Gasteiger partial charge in [-0.1, -0.05) is 20.3 Å². The molecule has 0 spiro atoms. The highest BCUT2D eigenvalue weighted by Gasteiger charge is 2.12. The molecule has 0 aromatic carbocycles. The van der Waals surface area contributed by atoms with Crippen LogP contribution >= 0.6 is 15.9 Å². The monoisotopic (exact) mass is 269 g/mol. The molecule has 1 rings (SSSR count). The van der Waals surface area contributed by atoms with Crippen molar-refractivity contribution >= 4 is 21.7 Å². The topological polar surface area (TPSA) is 30.0 Å². The van der Waals surface area contributed by atoms with Crippen LogP contribution in [0.15, 0.2) is 22.9 Å². The summed E-state index contributed by atoms with van der Waals surface area (Å²) < 4.78 is 0.927. The van der Waals surface area contributed by atoms with E-state index < -0.39 is 0 Å². The Bertz CT molecular complexity index is 338. The van der Waals surface area contributed by atoms with E-state index in [1.165, 1.54) is 0 Å². The zero-order chi connectivity index (χ0) is 11.3. The van der Waals surface area contributed by atoms with Gasteiger partial charge in [-0.15, -0.1) is 0 Å². The number of aromatic nitrogens is 1. The first-order valence-electron chi connectivity index (χ1n) is 5.25. The van der Waals surface area contributed by atoms with Gasteiger partial charge in [0.1, 0.15) is 5.78 Å². The lowest BCUT2D eigenvalue weighted by Crippen LogP contribution is -2.13. The number of carbonyl (C=O) groups is 1. The Labute approximate surface area is 99.2 Å². The van der Waals surface area contributed by atoms with Gasteiger partial charge in [-0.3, -0.25) is 9.78 Å². The van der Waals surface area contributed by atoms with Crippen LogP contribution in [0.2, 0.25) is 0 Å². The Morgan fingerprint density at radius 2 is 2.27 bits per heavy atom. The fourth-order valence-corrected chi connectivity index (χ4v) is 1.93. The van der Waals surface area contributed by atoms with Crippen molar-refractivity contribution in [3.8, 4) is 0 Å². The standard InChI is InChI=1S/C12H16BrNO/c1-3-4-9(2)12(15)6-10-5-11(13)8-14-7-10/h5,7-9H,3-4,6H2,1-2H3. The molecule has 0 aliphatic rings. The van der Waals surface area contributed by atoms with Gasteiger partial charge < -0.3 is 0 Å². The predicted molar refractivity (Wildman–Crippen MR) is 64.7 cm³/mol. The fourth-order valence-electron chi connectivity index (χ4n) is 1.52. The first-order valence-corrected chi connectivity index (χ1v) is 6.05. The number of ketones is 1. The van der Waals surface area contributed by atoms with Crippen LogP contribution in [0.1, 0.15) is 32.3 Å². The Hall–Kier alpha value is -0.700. The SMILES string of the molecule is CCCC(C)C(=O)Cc1cncc(Br)c1. The summed E-state index contributed by atoms with van der Waals surface area (Å²) in [6, 6.07) is 1.95. The second-order valence-electron chi connectivity index (χ2n) is 3.84. The van der Waals surface area contributed by atoms with Gasteiger partial charge in [-0.2, -0.15) is 0 Å². The molecule has 1 aromatic rings. The first-order chi connectivity index (χ1) is 7.13. The van der Waals surface area contributed by atoms with Gasteiger partial charge in [0, 0.05) is 29.2 Å². The maximum absolute atomic E-state index is 11.8. The van der Waals surface area contributed by atoms with E-state index in [4.69, 9.17) is 0 Å². The van der Waals surface area contributed by atoms with Gasteiger partial charge in [0.25, 0.3) is 0 Å². The molecule has 0 bridgehead atoms. The van der Waals surface area contributed by atoms with E-state index in [0.29, 0.717) is 12.2 Å². The highest BCUT2D eigenvalue weighted by Crippen LogP contribution is 2.14. The van der Waals surface area contributed by atoms with Gasteiger partial charge in [0.05, 0.1) is 0 Å². The number of halogens is 1. The molecule has 0 saturated heterocycles. The zero-order valence-corrected chi connectivity index (χ0v) is 10.8. The maximum atomic E-state index is 11.8. The minimum absolute atomic E-state index is 0.161. The number of hydrogen-bond donors (Lipinski definition) is 0. The Morgan fingerprint density at radius 1 is 1.53 bits per heavy atom. The van der Waals surface area contributed by atoms with Crippen LogP contribution in [-0.4, -0.2) is 10.8 Å². The van der Waals surface area contributed by atoms with Gasteiger partial charge in [-0.05, 0) is 34.0 Å². The summed E-state index contributed by atoms with van der Waals surface area (Å²) in [7, 11) is 0. The average Bonchev–Trinajstić information content (AvgIpc) is 2.18. The molecule has 2 nitrogen and oxygen atoms in total. The average molecular weight is 270 g/mol. The summed E-state index contributed by atoms with van der Waals surface area (Å²) in [4.78, 5) is 15.8. The molecule has 15 heavy (non-hydrogen) atoms. The third-order valence-electron chi connectivity index (χ3n) is 2.41. The van der Waals surface area contributed by atoms with Crippen LogP contribution < -0.4 is 0 Å². The van der Waals surface area contributed by atoms with E-state index in [1.54, 1.807) is 12.4 Å². The molecule has 0 fully saturated rings. The number of Topliss-reactive ketones (excluding diaryl/α,β-unsaturated/α-hetero) is 1. The summed E-state index contributed by atoms with van der Waals surface area (Å²) in [6.07, 6.45) is 6.00. The lowest BCUT2D eigenvalue weighted by atomic mass is 9.96. The van der Waals surface area contributed by atoms with Crippen molar-refractivity contribution in [2.24, 2.45) is 5.92 Å². The summed E-state index contributed by atoms with van der Waals surface area (Å²) in [5.41, 5.74) is 0.984. The fraction of sp³-hybridized carbons (Fsp3) is 0.500. The predicted octanol–water partition coefficient (Wildman–Crippen LogP) is 3.39. The summed E-state index contributed by atoms with van der Waals surface area (Å²) in [5.74, 6) is 0.464. The van der Waals surface area contributed by atoms with Crippen molar-refractivity contribution in [3.63, 3.8) is 0 Å². The van der Waals surface area contributed by atoms with Gasteiger partial charge in [0.15, 0.2) is 0 Å². The Balaban J connectivity index is 2.58. The number of rotatable bonds is 5. The van der Waals surface area contributed by atoms with E-state index in [-0.39, 0.29) is 5.92 Å². The quantitative estimate of drug-likeness (QED) is 0.820. The second kappa shape index (κ2) is 6.01. The Kier molecular flexibility index (Phi) is 4.95. The van der Waals surface area contributed by atoms with E-state index in [9.17, 15) is 4.79 Å². The summed E-state index contributed by atoms with van der Waals surface area (Å²) in [5, 5.41) is 0. The second-order valence-corrected chi connectivity index (χ2v) is 4.76. The third kappa shape index (κ3) is 4.12. The van der Waals surface area contributed by atoms with Crippen molar-refractivity contribution in [1.29, 1.82) is 0 Å². The van der Waals surface area contributed by atoms with Crippen molar-refractivity contribution < 1.29 is 4.79 Å². The highest BCUT2D eigenvalue weighted by molar-refractivity contribution is 9.10. The van der Waals surface area contributed by atoms with Crippen molar-refractivity contribution in [3.05, 3.63) is 28.5 Å². The smallest absolute Gasteiger partial charge is 0.140 e. The molecule has 3 heteroatoms. The molecule has 0 amide bonds. The van der Waals surface area contributed by atoms with Crippen molar-refractivity contribution in [1.82, 2.24) is 4.98 Å². The molecular formula is C12H16BrNO. The summed E-state index contributed by atoms with van der Waals surface area (Å²) in [6.45, 7) is 4.10. The highest BCUT2D eigenvalue weighted by atomic mass is 79.9.